The van der Waals surface area contributed by atoms with Crippen LogP contribution in [0.25, 0.3) is 0 Å². The Labute approximate surface area is 92.7 Å². The molecule has 0 aliphatic rings. The first kappa shape index (κ1) is 13.5. The highest BCUT2D eigenvalue weighted by Crippen LogP contribution is 2.05. The fourth-order valence-corrected chi connectivity index (χ4v) is 1.09. The van der Waals surface area contributed by atoms with Gasteiger partial charge < -0.3 is 10.2 Å². The van der Waals surface area contributed by atoms with Crippen molar-refractivity contribution in [1.82, 2.24) is 10.2 Å². The predicted octanol–water partition coefficient (Wildman–Crippen LogP) is 2.50. The number of hydrogen-bond donors (Lipinski definition) is 2. The Balaban J connectivity index is 4.66. The van der Waals surface area contributed by atoms with Crippen molar-refractivity contribution in [3.63, 3.8) is 0 Å². The van der Waals surface area contributed by atoms with Crippen LogP contribution in [0.15, 0.2) is 35.7 Å². The highest BCUT2D eigenvalue weighted by molar-refractivity contribution is 5.95. The predicted molar refractivity (Wildman–Crippen MR) is 66.9 cm³/mol. The van der Waals surface area contributed by atoms with Crippen LogP contribution in [0.3, 0.4) is 0 Å². The van der Waals surface area contributed by atoms with Gasteiger partial charge in [0.05, 0.1) is 0 Å². The zero-order chi connectivity index (χ0) is 12.0. The molecule has 3 heteroatoms. The van der Waals surface area contributed by atoms with E-state index in [0.29, 0.717) is 5.84 Å². The maximum Gasteiger partial charge on any atom is 0.124 e. The van der Waals surface area contributed by atoms with Crippen molar-refractivity contribution in [3.8, 4) is 0 Å². The normalized spacial score (nSPS) is 12.3. The van der Waals surface area contributed by atoms with E-state index in [4.69, 9.17) is 5.41 Å². The molecule has 0 aliphatic heterocycles. The Morgan fingerprint density at radius 1 is 1.33 bits per heavy atom. The van der Waals surface area contributed by atoms with Crippen molar-refractivity contribution in [2.75, 3.05) is 14.1 Å². The molecule has 0 saturated carbocycles. The monoisotopic (exact) mass is 207 g/mol. The minimum atomic E-state index is 0.508. The molecule has 0 rings (SSSR count). The summed E-state index contributed by atoms with van der Waals surface area (Å²) in [5, 5.41) is 11.0. The average molecular weight is 207 g/mol. The second-order valence-electron chi connectivity index (χ2n) is 3.64. The van der Waals surface area contributed by atoms with E-state index in [-0.39, 0.29) is 0 Å². The number of hydrogen-bond acceptors (Lipinski definition) is 2. The number of allylic oxidation sites excluding steroid dienone is 3. The van der Waals surface area contributed by atoms with Crippen LogP contribution in [-0.2, 0) is 0 Å². The maximum absolute atomic E-state index is 7.81. The summed E-state index contributed by atoms with van der Waals surface area (Å²) in [6.45, 7) is 9.67. The van der Waals surface area contributed by atoms with Crippen molar-refractivity contribution < 1.29 is 0 Å². The van der Waals surface area contributed by atoms with E-state index in [1.165, 1.54) is 0 Å². The molecule has 0 unspecified atom stereocenters. The van der Waals surface area contributed by atoms with Crippen LogP contribution >= 0.6 is 0 Å². The number of amidine groups is 1. The van der Waals surface area contributed by atoms with E-state index in [0.717, 1.165) is 17.0 Å². The summed E-state index contributed by atoms with van der Waals surface area (Å²) < 4.78 is 0. The molecule has 15 heavy (non-hydrogen) atoms. The minimum absolute atomic E-state index is 0.508. The van der Waals surface area contributed by atoms with Gasteiger partial charge in [0.25, 0.3) is 0 Å². The van der Waals surface area contributed by atoms with Crippen molar-refractivity contribution in [2.45, 2.75) is 20.8 Å². The smallest absolute Gasteiger partial charge is 0.124 e. The first-order valence-electron chi connectivity index (χ1n) is 4.92. The minimum Gasteiger partial charge on any atom is -0.363 e. The van der Waals surface area contributed by atoms with Gasteiger partial charge in [0.15, 0.2) is 0 Å². The molecule has 0 aromatic carbocycles. The lowest BCUT2D eigenvalue weighted by atomic mass is 10.2. The van der Waals surface area contributed by atoms with Gasteiger partial charge in [-0.3, -0.25) is 5.41 Å². The van der Waals surface area contributed by atoms with Gasteiger partial charge in [0.1, 0.15) is 5.84 Å². The second kappa shape index (κ2) is 6.06. The highest BCUT2D eigenvalue weighted by Gasteiger charge is 2.05. The van der Waals surface area contributed by atoms with E-state index >= 15 is 0 Å². The SMILES string of the molecule is C=C(/C=C/C)NC(C)=C(C)C(=N)N(C)C. The third-order valence-corrected chi connectivity index (χ3v) is 2.08. The van der Waals surface area contributed by atoms with Gasteiger partial charge in [-0.25, -0.2) is 0 Å². The molecule has 3 nitrogen and oxygen atoms in total. The standard InChI is InChI=1S/C12H21N3/c1-7-8-9(2)14-11(4)10(3)12(13)15(5)6/h7-8,13-14H,2H2,1,3-6H3/b8-7+,11-10?,13-12?. The fourth-order valence-electron chi connectivity index (χ4n) is 1.09. The van der Waals surface area contributed by atoms with Gasteiger partial charge >= 0.3 is 0 Å². The molecule has 84 valence electrons. The van der Waals surface area contributed by atoms with Crippen LogP contribution in [0, 0.1) is 5.41 Å². The Bertz CT molecular complexity index is 309. The van der Waals surface area contributed by atoms with Crippen LogP contribution in [0.1, 0.15) is 20.8 Å². The molecule has 0 atom stereocenters. The summed E-state index contributed by atoms with van der Waals surface area (Å²) in [5.74, 6) is 0.508. The third kappa shape index (κ3) is 4.49. The highest BCUT2D eigenvalue weighted by atomic mass is 15.1. The molecule has 0 radical (unpaired) electrons. The molecule has 0 aliphatic carbocycles. The molecule has 0 spiro atoms. The largest absolute Gasteiger partial charge is 0.363 e. The van der Waals surface area contributed by atoms with Crippen molar-refractivity contribution in [3.05, 3.63) is 35.7 Å². The van der Waals surface area contributed by atoms with Gasteiger partial charge in [-0.05, 0) is 26.8 Å². The molecule has 0 fully saturated rings. The van der Waals surface area contributed by atoms with Crippen LogP contribution in [0.2, 0.25) is 0 Å². The topological polar surface area (TPSA) is 39.1 Å². The van der Waals surface area contributed by atoms with Crippen molar-refractivity contribution in [2.24, 2.45) is 0 Å². The molecule has 0 saturated heterocycles. The maximum atomic E-state index is 7.81. The Morgan fingerprint density at radius 3 is 2.27 bits per heavy atom. The quantitative estimate of drug-likeness (QED) is 0.422. The summed E-state index contributed by atoms with van der Waals surface area (Å²) in [5.41, 5.74) is 2.71. The molecule has 0 aromatic rings. The molecule has 0 aromatic heterocycles. The zero-order valence-electron chi connectivity index (χ0n) is 10.3. The number of rotatable bonds is 4. The Kier molecular flexibility index (Phi) is 5.45. The number of nitrogens with zero attached hydrogens (tertiary/aromatic N) is 1. The van der Waals surface area contributed by atoms with Crippen LogP contribution in [0.5, 0.6) is 0 Å². The van der Waals surface area contributed by atoms with E-state index < -0.39 is 0 Å². The van der Waals surface area contributed by atoms with Gasteiger partial charge in [-0.1, -0.05) is 12.7 Å². The first-order chi connectivity index (χ1) is 6.90. The number of nitrogens with one attached hydrogen (secondary N) is 2. The summed E-state index contributed by atoms with van der Waals surface area (Å²) in [6, 6.07) is 0. The lowest BCUT2D eigenvalue weighted by Crippen LogP contribution is -2.24. The van der Waals surface area contributed by atoms with Gasteiger partial charge in [0.2, 0.25) is 0 Å². The van der Waals surface area contributed by atoms with Crippen LogP contribution in [-0.4, -0.2) is 24.8 Å². The van der Waals surface area contributed by atoms with Crippen LogP contribution < -0.4 is 5.32 Å². The molecular formula is C12H21N3. The molecule has 0 amide bonds. The van der Waals surface area contributed by atoms with E-state index in [2.05, 4.69) is 11.9 Å². The second-order valence-corrected chi connectivity index (χ2v) is 3.64. The van der Waals surface area contributed by atoms with E-state index in [1.54, 1.807) is 4.90 Å². The van der Waals surface area contributed by atoms with Gasteiger partial charge in [-0.15, -0.1) is 0 Å². The summed E-state index contributed by atoms with van der Waals surface area (Å²) in [7, 11) is 3.72. The first-order valence-corrected chi connectivity index (χ1v) is 4.92. The Hall–Kier alpha value is -1.51. The fraction of sp³-hybridized carbons (Fsp3) is 0.417. The molecule has 0 heterocycles. The lowest BCUT2D eigenvalue weighted by Gasteiger charge is -2.17. The van der Waals surface area contributed by atoms with Crippen molar-refractivity contribution in [1.29, 1.82) is 5.41 Å². The summed E-state index contributed by atoms with van der Waals surface area (Å²) in [4.78, 5) is 1.78. The molecule has 2 N–H and O–H groups in total. The average Bonchev–Trinajstić information content (AvgIpc) is 2.15. The van der Waals surface area contributed by atoms with Gasteiger partial charge in [-0.2, -0.15) is 0 Å². The van der Waals surface area contributed by atoms with Gasteiger partial charge in [0, 0.05) is 31.1 Å². The Morgan fingerprint density at radius 2 is 1.87 bits per heavy atom. The number of likely N-dealkylation sites (N-methyl/N-ethyl adjacent to an activating group) is 1. The lowest BCUT2D eigenvalue weighted by molar-refractivity contribution is 0.616. The summed E-state index contributed by atoms with van der Waals surface area (Å²) in [6.07, 6.45) is 3.82. The zero-order valence-corrected chi connectivity index (χ0v) is 10.3. The van der Waals surface area contributed by atoms with E-state index in [9.17, 15) is 0 Å². The molecular weight excluding hydrogens is 186 g/mol. The third-order valence-electron chi connectivity index (χ3n) is 2.08. The summed E-state index contributed by atoms with van der Waals surface area (Å²) >= 11 is 0. The molecule has 0 bridgehead atoms. The van der Waals surface area contributed by atoms with Crippen molar-refractivity contribution >= 4 is 5.84 Å². The van der Waals surface area contributed by atoms with Crippen LogP contribution in [0.4, 0.5) is 0 Å². The van der Waals surface area contributed by atoms with E-state index in [1.807, 2.05) is 47.0 Å².